The highest BCUT2D eigenvalue weighted by Gasteiger charge is 2.33. The van der Waals surface area contributed by atoms with Gasteiger partial charge in [-0.3, -0.25) is 4.98 Å². The van der Waals surface area contributed by atoms with Gasteiger partial charge in [-0.1, -0.05) is 18.2 Å². The molecule has 3 aliphatic rings. The van der Waals surface area contributed by atoms with Gasteiger partial charge in [-0.25, -0.2) is 4.98 Å². The smallest absolute Gasteiger partial charge is 0.318 e. The predicted molar refractivity (Wildman–Crippen MR) is 148 cm³/mol. The van der Waals surface area contributed by atoms with Crippen LogP contribution in [0, 0.1) is 5.95 Å². The zero-order valence-electron chi connectivity index (χ0n) is 22.4. The molecule has 39 heavy (non-hydrogen) atoms. The average Bonchev–Trinajstić information content (AvgIpc) is 3.54. The van der Waals surface area contributed by atoms with Crippen LogP contribution < -0.4 is 14.5 Å². The van der Waals surface area contributed by atoms with E-state index in [9.17, 15) is 4.39 Å². The number of anilines is 2. The van der Waals surface area contributed by atoms with Crippen LogP contribution in [-0.4, -0.2) is 68.2 Å². The van der Waals surface area contributed by atoms with Crippen LogP contribution in [0.3, 0.4) is 0 Å². The number of imidazole rings is 1. The van der Waals surface area contributed by atoms with E-state index in [0.717, 1.165) is 59.6 Å². The number of pyridine rings is 1. The molecule has 7 rings (SSSR count). The highest BCUT2D eigenvalue weighted by atomic mass is 19.1. The van der Waals surface area contributed by atoms with Gasteiger partial charge in [0.15, 0.2) is 0 Å². The molecule has 0 unspecified atom stereocenters. The van der Waals surface area contributed by atoms with Gasteiger partial charge >= 0.3 is 6.01 Å². The first-order valence-electron chi connectivity index (χ1n) is 13.8. The standard InChI is InChI=1S/C29H33FN8O/c1-19-14-37-18-32-27(30)25(37)16-38(19)28-22-10-13-36(24-9-3-6-20-7-4-11-31-26(20)24)15-23(22)33-29(34-28)39-17-21-8-5-12-35(21)2/h3-4,6-7,9,11,18-19,21H,5,8,10,12-17H2,1-2H3/t19-,21-/m1/s1. The van der Waals surface area contributed by atoms with Gasteiger partial charge in [0, 0.05) is 42.3 Å². The lowest BCUT2D eigenvalue weighted by molar-refractivity contribution is 0.187. The summed E-state index contributed by atoms with van der Waals surface area (Å²) >= 11 is 0. The maximum absolute atomic E-state index is 14.5. The zero-order chi connectivity index (χ0) is 26.5. The summed E-state index contributed by atoms with van der Waals surface area (Å²) in [5.41, 5.74) is 4.76. The van der Waals surface area contributed by atoms with Gasteiger partial charge in [-0.15, -0.1) is 0 Å². The first kappa shape index (κ1) is 24.3. The number of hydrogen-bond donors (Lipinski definition) is 0. The fourth-order valence-electron chi connectivity index (χ4n) is 6.28. The number of rotatable bonds is 5. The number of nitrogens with zero attached hydrogens (tertiary/aromatic N) is 8. The molecule has 1 saturated heterocycles. The Morgan fingerprint density at radius 2 is 1.97 bits per heavy atom. The highest BCUT2D eigenvalue weighted by molar-refractivity contribution is 5.90. The maximum atomic E-state index is 14.5. The lowest BCUT2D eigenvalue weighted by Crippen LogP contribution is -2.43. The molecule has 4 aromatic rings. The quantitative estimate of drug-likeness (QED) is 0.387. The fourth-order valence-corrected chi connectivity index (χ4v) is 6.28. The molecule has 2 atom stereocenters. The molecule has 1 aromatic carbocycles. The number of benzene rings is 1. The molecule has 0 bridgehead atoms. The number of ether oxygens (including phenoxy) is 1. The molecule has 0 aliphatic carbocycles. The van der Waals surface area contributed by atoms with Crippen LogP contribution in [0.5, 0.6) is 6.01 Å². The van der Waals surface area contributed by atoms with Crippen molar-refractivity contribution in [1.29, 1.82) is 0 Å². The summed E-state index contributed by atoms with van der Waals surface area (Å²) < 4.78 is 22.7. The van der Waals surface area contributed by atoms with Gasteiger partial charge < -0.3 is 24.0 Å². The summed E-state index contributed by atoms with van der Waals surface area (Å²) in [4.78, 5) is 25.4. The van der Waals surface area contributed by atoms with E-state index in [1.165, 1.54) is 6.42 Å². The molecule has 3 aromatic heterocycles. The molecule has 6 heterocycles. The van der Waals surface area contributed by atoms with Crippen molar-refractivity contribution in [3.05, 3.63) is 65.8 Å². The summed E-state index contributed by atoms with van der Waals surface area (Å²) in [5.74, 6) is 0.440. The first-order chi connectivity index (χ1) is 19.0. The van der Waals surface area contributed by atoms with Gasteiger partial charge in [0.1, 0.15) is 12.4 Å². The average molecular weight is 529 g/mol. The first-order valence-corrected chi connectivity index (χ1v) is 13.8. The molecule has 0 saturated carbocycles. The number of likely N-dealkylation sites (tertiary alicyclic amines) is 1. The molecule has 0 N–H and O–H groups in total. The largest absolute Gasteiger partial charge is 0.462 e. The lowest BCUT2D eigenvalue weighted by Gasteiger charge is -2.38. The molecule has 0 spiro atoms. The van der Waals surface area contributed by atoms with E-state index in [1.807, 2.05) is 16.8 Å². The Morgan fingerprint density at radius 3 is 2.85 bits per heavy atom. The van der Waals surface area contributed by atoms with Crippen molar-refractivity contribution >= 4 is 22.4 Å². The van der Waals surface area contributed by atoms with Crippen molar-refractivity contribution in [2.75, 3.05) is 36.5 Å². The molecule has 0 amide bonds. The number of likely N-dealkylation sites (N-methyl/N-ethyl adjacent to an activating group) is 1. The van der Waals surface area contributed by atoms with Crippen LogP contribution in [-0.2, 0) is 26.1 Å². The number of para-hydroxylation sites is 1. The van der Waals surface area contributed by atoms with Gasteiger partial charge in [0.05, 0.1) is 42.0 Å². The molecule has 0 radical (unpaired) electrons. The van der Waals surface area contributed by atoms with Crippen LogP contribution in [0.2, 0.25) is 0 Å². The van der Waals surface area contributed by atoms with E-state index in [1.54, 1.807) is 6.33 Å². The minimum atomic E-state index is -0.412. The molecular weight excluding hydrogens is 495 g/mol. The Labute approximate surface area is 227 Å². The Bertz CT molecular complexity index is 1520. The summed E-state index contributed by atoms with van der Waals surface area (Å²) in [6.07, 6.45) is 6.51. The number of hydrogen-bond acceptors (Lipinski definition) is 8. The van der Waals surface area contributed by atoms with Gasteiger partial charge in [-0.05, 0) is 51.9 Å². The molecular formula is C29H33FN8O. The van der Waals surface area contributed by atoms with Gasteiger partial charge in [0.2, 0.25) is 5.95 Å². The third-order valence-electron chi connectivity index (χ3n) is 8.53. The summed E-state index contributed by atoms with van der Waals surface area (Å²) in [5, 5.41) is 1.12. The van der Waals surface area contributed by atoms with Crippen LogP contribution in [0.4, 0.5) is 15.9 Å². The summed E-state index contributed by atoms with van der Waals surface area (Å²) in [7, 11) is 2.14. The Morgan fingerprint density at radius 1 is 1.08 bits per heavy atom. The van der Waals surface area contributed by atoms with Crippen LogP contribution in [0.25, 0.3) is 10.9 Å². The normalized spacial score (nSPS) is 21.3. The van der Waals surface area contributed by atoms with E-state index < -0.39 is 5.95 Å². The Balaban J connectivity index is 1.25. The second-order valence-electron chi connectivity index (χ2n) is 11.0. The molecule has 9 nitrogen and oxygen atoms in total. The highest BCUT2D eigenvalue weighted by Crippen LogP contribution is 2.35. The Kier molecular flexibility index (Phi) is 6.07. The maximum Gasteiger partial charge on any atom is 0.318 e. The van der Waals surface area contributed by atoms with Crippen LogP contribution in [0.1, 0.15) is 36.7 Å². The number of aromatic nitrogens is 5. The molecule has 3 aliphatic heterocycles. The SMILES string of the molecule is C[C@@H]1Cn2cnc(F)c2CN1c1nc(OC[C@H]2CCCN2C)nc2c1CCN(c1cccc3cccnc13)C2. The third kappa shape index (κ3) is 4.36. The van der Waals surface area contributed by atoms with Crippen molar-refractivity contribution in [2.24, 2.45) is 0 Å². The lowest BCUT2D eigenvalue weighted by atomic mass is 10.0. The minimum absolute atomic E-state index is 0.124. The van der Waals surface area contributed by atoms with E-state index in [0.29, 0.717) is 44.0 Å². The molecule has 10 heteroatoms. The van der Waals surface area contributed by atoms with E-state index in [2.05, 4.69) is 62.9 Å². The van der Waals surface area contributed by atoms with Crippen molar-refractivity contribution in [1.82, 2.24) is 29.4 Å². The third-order valence-corrected chi connectivity index (χ3v) is 8.53. The second kappa shape index (κ2) is 9.75. The van der Waals surface area contributed by atoms with Crippen molar-refractivity contribution in [2.45, 2.75) is 57.9 Å². The van der Waals surface area contributed by atoms with Gasteiger partial charge in [-0.2, -0.15) is 14.4 Å². The van der Waals surface area contributed by atoms with Crippen molar-refractivity contribution < 1.29 is 9.13 Å². The fraction of sp³-hybridized carbons (Fsp3) is 0.448. The Hall–Kier alpha value is -3.79. The molecule has 202 valence electrons. The zero-order valence-corrected chi connectivity index (χ0v) is 22.4. The number of fused-ring (bicyclic) bond motifs is 3. The van der Waals surface area contributed by atoms with E-state index in [4.69, 9.17) is 14.7 Å². The van der Waals surface area contributed by atoms with Crippen LogP contribution >= 0.6 is 0 Å². The summed E-state index contributed by atoms with van der Waals surface area (Å²) in [6.45, 7) is 6.32. The summed E-state index contributed by atoms with van der Waals surface area (Å²) in [6, 6.07) is 11.3. The predicted octanol–water partition coefficient (Wildman–Crippen LogP) is 3.80. The van der Waals surface area contributed by atoms with Crippen molar-refractivity contribution in [3.63, 3.8) is 0 Å². The van der Waals surface area contributed by atoms with Crippen LogP contribution in [0.15, 0.2) is 42.9 Å². The monoisotopic (exact) mass is 528 g/mol. The number of halogens is 1. The van der Waals surface area contributed by atoms with Crippen molar-refractivity contribution in [3.8, 4) is 6.01 Å². The minimum Gasteiger partial charge on any atom is -0.462 e. The van der Waals surface area contributed by atoms with E-state index in [-0.39, 0.29) is 6.04 Å². The topological polar surface area (TPSA) is 75.4 Å². The van der Waals surface area contributed by atoms with E-state index >= 15 is 0 Å². The molecule has 1 fully saturated rings. The van der Waals surface area contributed by atoms with Gasteiger partial charge in [0.25, 0.3) is 0 Å². The second-order valence-corrected chi connectivity index (χ2v) is 11.0.